The Labute approximate surface area is 204 Å². The molecule has 196 valence electrons. The molecule has 2 N–H and O–H groups in total. The molecule has 2 heterocycles. The molecule has 0 aliphatic carbocycles. The standard InChI is InChI=1S/C23H34N2O10/c1-32-13-23(14-33-2,15-34-9-7-17(26)11-24-19(28)3-4-20(24)29)16-35-10-8-18(27)12-25-21(30)5-6-22(25)31/h3-6,17-18,26-27H,7-16H2,1-2H3. The second-order valence-corrected chi connectivity index (χ2v) is 8.60. The highest BCUT2D eigenvalue weighted by Crippen LogP contribution is 2.21. The van der Waals surface area contributed by atoms with Gasteiger partial charge in [0.25, 0.3) is 23.6 Å². The fourth-order valence-electron chi connectivity index (χ4n) is 3.70. The zero-order valence-corrected chi connectivity index (χ0v) is 20.1. The lowest BCUT2D eigenvalue weighted by atomic mass is 9.92. The molecule has 0 aromatic carbocycles. The van der Waals surface area contributed by atoms with Crippen LogP contribution in [0.5, 0.6) is 0 Å². The zero-order valence-electron chi connectivity index (χ0n) is 20.1. The van der Waals surface area contributed by atoms with Crippen LogP contribution in [-0.2, 0) is 38.1 Å². The van der Waals surface area contributed by atoms with E-state index in [-0.39, 0.29) is 65.6 Å². The summed E-state index contributed by atoms with van der Waals surface area (Å²) in [6.07, 6.45) is 3.22. The predicted octanol–water partition coefficient (Wildman–Crippen LogP) is -1.35. The van der Waals surface area contributed by atoms with Crippen molar-refractivity contribution < 1.29 is 48.3 Å². The Kier molecular flexibility index (Phi) is 11.6. The Balaban J connectivity index is 1.73. The molecule has 0 saturated carbocycles. The first-order valence-electron chi connectivity index (χ1n) is 11.3. The van der Waals surface area contributed by atoms with Crippen molar-refractivity contribution in [3.63, 3.8) is 0 Å². The Morgan fingerprint density at radius 3 is 1.34 bits per heavy atom. The number of amides is 4. The molecule has 2 rings (SSSR count). The van der Waals surface area contributed by atoms with Crippen molar-refractivity contribution in [2.24, 2.45) is 5.41 Å². The number of aliphatic hydroxyl groups is 2. The van der Waals surface area contributed by atoms with Crippen LogP contribution in [0.2, 0.25) is 0 Å². The maximum absolute atomic E-state index is 11.6. The molecule has 12 heteroatoms. The quantitative estimate of drug-likeness (QED) is 0.171. The summed E-state index contributed by atoms with van der Waals surface area (Å²) < 4.78 is 22.1. The predicted molar refractivity (Wildman–Crippen MR) is 121 cm³/mol. The van der Waals surface area contributed by atoms with Crippen LogP contribution in [-0.4, -0.2) is 123 Å². The van der Waals surface area contributed by atoms with Crippen molar-refractivity contribution in [1.82, 2.24) is 9.80 Å². The largest absolute Gasteiger partial charge is 0.391 e. The maximum Gasteiger partial charge on any atom is 0.253 e. The third-order valence-corrected chi connectivity index (χ3v) is 5.50. The second kappa shape index (κ2) is 14.2. The lowest BCUT2D eigenvalue weighted by Crippen LogP contribution is -2.42. The molecule has 0 fully saturated rings. The van der Waals surface area contributed by atoms with E-state index in [1.165, 1.54) is 14.2 Å². The van der Waals surface area contributed by atoms with Gasteiger partial charge >= 0.3 is 0 Å². The fraction of sp³-hybridized carbons (Fsp3) is 0.652. The minimum absolute atomic E-state index is 0.106. The smallest absolute Gasteiger partial charge is 0.253 e. The molecule has 0 aromatic rings. The molecule has 0 saturated heterocycles. The number of methoxy groups -OCH3 is 2. The van der Waals surface area contributed by atoms with Gasteiger partial charge in [-0.25, -0.2) is 0 Å². The normalized spacial score (nSPS) is 17.8. The average Bonchev–Trinajstić information content (AvgIpc) is 3.30. The summed E-state index contributed by atoms with van der Waals surface area (Å²) in [6, 6.07) is 0. The summed E-state index contributed by atoms with van der Waals surface area (Å²) in [5.41, 5.74) is -0.658. The third-order valence-electron chi connectivity index (χ3n) is 5.50. The highest BCUT2D eigenvalue weighted by molar-refractivity contribution is 6.13. The zero-order chi connectivity index (χ0) is 25.8. The van der Waals surface area contributed by atoms with Crippen molar-refractivity contribution in [3.8, 4) is 0 Å². The molecule has 12 nitrogen and oxygen atoms in total. The summed E-state index contributed by atoms with van der Waals surface area (Å²) in [5.74, 6) is -1.81. The van der Waals surface area contributed by atoms with E-state index < -0.39 is 41.3 Å². The number of imide groups is 2. The van der Waals surface area contributed by atoms with Gasteiger partial charge < -0.3 is 29.2 Å². The highest BCUT2D eigenvalue weighted by Gasteiger charge is 2.32. The number of ether oxygens (including phenoxy) is 4. The van der Waals surface area contributed by atoms with Crippen LogP contribution in [0.1, 0.15) is 12.8 Å². The van der Waals surface area contributed by atoms with E-state index in [9.17, 15) is 29.4 Å². The molecule has 2 atom stereocenters. The van der Waals surface area contributed by atoms with E-state index >= 15 is 0 Å². The van der Waals surface area contributed by atoms with Gasteiger partial charge in [0.2, 0.25) is 0 Å². The first kappa shape index (κ1) is 28.8. The van der Waals surface area contributed by atoms with E-state index in [2.05, 4.69) is 0 Å². The van der Waals surface area contributed by atoms with Gasteiger partial charge in [0, 0.05) is 51.7 Å². The Bertz CT molecular complexity index is 710. The Hall–Kier alpha value is -2.48. The molecule has 0 radical (unpaired) electrons. The molecule has 2 unspecified atom stereocenters. The van der Waals surface area contributed by atoms with E-state index in [1.807, 2.05) is 0 Å². The molecular weight excluding hydrogens is 464 g/mol. The molecule has 35 heavy (non-hydrogen) atoms. The van der Waals surface area contributed by atoms with Crippen LogP contribution in [0.25, 0.3) is 0 Å². The van der Waals surface area contributed by atoms with Gasteiger partial charge in [-0.1, -0.05) is 0 Å². The Morgan fingerprint density at radius 2 is 1.03 bits per heavy atom. The molecule has 0 spiro atoms. The number of aliphatic hydroxyl groups excluding tert-OH is 2. The molecule has 2 aliphatic rings. The van der Waals surface area contributed by atoms with Gasteiger partial charge in [-0.3, -0.25) is 29.0 Å². The van der Waals surface area contributed by atoms with Crippen LogP contribution in [0.3, 0.4) is 0 Å². The topological polar surface area (TPSA) is 152 Å². The van der Waals surface area contributed by atoms with Crippen molar-refractivity contribution in [1.29, 1.82) is 0 Å². The van der Waals surface area contributed by atoms with Crippen molar-refractivity contribution in [2.45, 2.75) is 25.0 Å². The van der Waals surface area contributed by atoms with Gasteiger partial charge in [-0.2, -0.15) is 0 Å². The van der Waals surface area contributed by atoms with Crippen molar-refractivity contribution in [2.75, 3.05) is 67.0 Å². The fourth-order valence-corrected chi connectivity index (χ4v) is 3.70. The van der Waals surface area contributed by atoms with Crippen molar-refractivity contribution >= 4 is 23.6 Å². The van der Waals surface area contributed by atoms with Gasteiger partial charge in [-0.05, 0) is 12.8 Å². The maximum atomic E-state index is 11.6. The molecule has 0 bridgehead atoms. The first-order valence-corrected chi connectivity index (χ1v) is 11.3. The number of hydrogen-bond acceptors (Lipinski definition) is 10. The Morgan fingerprint density at radius 1 is 0.686 bits per heavy atom. The van der Waals surface area contributed by atoms with Gasteiger partial charge in [0.1, 0.15) is 0 Å². The van der Waals surface area contributed by atoms with E-state index in [0.717, 1.165) is 34.1 Å². The lowest BCUT2D eigenvalue weighted by molar-refractivity contribution is -0.140. The SMILES string of the molecule is COCC(COC)(COCCC(O)CN1C(=O)C=CC1=O)COCCC(O)CN1C(=O)C=CC1=O. The van der Waals surface area contributed by atoms with Gasteiger partial charge in [0.15, 0.2) is 0 Å². The van der Waals surface area contributed by atoms with E-state index in [0.29, 0.717) is 0 Å². The number of carbonyl (C=O) groups excluding carboxylic acids is 4. The molecular formula is C23H34N2O10. The molecule has 2 aliphatic heterocycles. The minimum Gasteiger partial charge on any atom is -0.391 e. The highest BCUT2D eigenvalue weighted by atomic mass is 16.5. The summed E-state index contributed by atoms with van der Waals surface area (Å²) in [5, 5.41) is 20.3. The molecule has 4 amide bonds. The van der Waals surface area contributed by atoms with E-state index in [4.69, 9.17) is 18.9 Å². The van der Waals surface area contributed by atoms with Crippen LogP contribution >= 0.6 is 0 Å². The summed E-state index contributed by atoms with van der Waals surface area (Å²) >= 11 is 0. The lowest BCUT2D eigenvalue weighted by Gasteiger charge is -2.32. The molecule has 0 aromatic heterocycles. The van der Waals surface area contributed by atoms with Crippen molar-refractivity contribution in [3.05, 3.63) is 24.3 Å². The van der Waals surface area contributed by atoms with Crippen LogP contribution < -0.4 is 0 Å². The number of β-amino-alcohol motifs (C(OH)–C–C–N with tert-alkyl or cyclic N) is 2. The first-order chi connectivity index (χ1) is 16.7. The van der Waals surface area contributed by atoms with Gasteiger partial charge in [0.05, 0.1) is 57.1 Å². The van der Waals surface area contributed by atoms with E-state index in [1.54, 1.807) is 0 Å². The minimum atomic E-state index is -0.927. The average molecular weight is 499 g/mol. The summed E-state index contributed by atoms with van der Waals surface area (Å²) in [4.78, 5) is 48.3. The van der Waals surface area contributed by atoms with Crippen LogP contribution in [0.15, 0.2) is 24.3 Å². The van der Waals surface area contributed by atoms with Crippen LogP contribution in [0, 0.1) is 5.41 Å². The summed E-state index contributed by atoms with van der Waals surface area (Å²) in [7, 11) is 3.07. The number of nitrogens with zero attached hydrogens (tertiary/aromatic N) is 2. The number of rotatable bonds is 18. The monoisotopic (exact) mass is 498 g/mol. The summed E-state index contributed by atoms with van der Waals surface area (Å²) in [6.45, 7) is 1.03. The third kappa shape index (κ3) is 8.91. The number of carbonyl (C=O) groups is 4. The van der Waals surface area contributed by atoms with Gasteiger partial charge in [-0.15, -0.1) is 0 Å². The second-order valence-electron chi connectivity index (χ2n) is 8.60. The number of hydrogen-bond donors (Lipinski definition) is 2. The van der Waals surface area contributed by atoms with Crippen LogP contribution in [0.4, 0.5) is 0 Å².